The predicted molar refractivity (Wildman–Crippen MR) is 117 cm³/mol. The molecule has 3 N–H and O–H groups in total. The van der Waals surface area contributed by atoms with Crippen LogP contribution >= 0.6 is 11.6 Å². The van der Waals surface area contributed by atoms with Gasteiger partial charge >= 0.3 is 11.9 Å². The second-order valence-electron chi connectivity index (χ2n) is 6.19. The van der Waals surface area contributed by atoms with Gasteiger partial charge in [-0.05, 0) is 31.3 Å². The standard InChI is InChI=1S/C16H14ClFN4O2S.C4H4O4/c1-19-8-11-10-22(25(23,24)12-4-2-6-20-9-12)15(14(11)17)13-5-3-7-21-16(13)18;5-3(6)1-2-4(7)8/h2-7,9-10,19H,8H2,1H3;1-2H,(H,5,6)(H,7,8). The summed E-state index contributed by atoms with van der Waals surface area (Å²) in [5.74, 6) is -3.32. The van der Waals surface area contributed by atoms with Gasteiger partial charge in [-0.2, -0.15) is 4.39 Å². The summed E-state index contributed by atoms with van der Waals surface area (Å²) in [7, 11) is -2.31. The Labute approximate surface area is 193 Å². The number of carboxylic acid groups (broad SMARTS) is 2. The molecule has 0 saturated carbocycles. The molecule has 10 nitrogen and oxygen atoms in total. The molecule has 0 radical (unpaired) electrons. The highest BCUT2D eigenvalue weighted by Gasteiger charge is 2.27. The van der Waals surface area contributed by atoms with Gasteiger partial charge in [0, 0.05) is 49.0 Å². The smallest absolute Gasteiger partial charge is 0.328 e. The topological polar surface area (TPSA) is 151 Å². The molecule has 0 atom stereocenters. The number of hydrogen-bond acceptors (Lipinski definition) is 7. The molecule has 13 heteroatoms. The number of rotatable bonds is 7. The highest BCUT2D eigenvalue weighted by Crippen LogP contribution is 2.36. The van der Waals surface area contributed by atoms with Crippen LogP contribution in [0.25, 0.3) is 11.3 Å². The van der Waals surface area contributed by atoms with Gasteiger partial charge in [0.15, 0.2) is 0 Å². The predicted octanol–water partition coefficient (Wildman–Crippen LogP) is 2.41. The van der Waals surface area contributed by atoms with E-state index in [1.54, 1.807) is 7.05 Å². The first kappa shape index (κ1) is 25.6. The van der Waals surface area contributed by atoms with Crippen LogP contribution in [0.4, 0.5) is 4.39 Å². The van der Waals surface area contributed by atoms with Gasteiger partial charge in [-0.1, -0.05) is 11.6 Å². The van der Waals surface area contributed by atoms with E-state index in [9.17, 15) is 22.4 Å². The van der Waals surface area contributed by atoms with Gasteiger partial charge in [-0.3, -0.25) is 4.98 Å². The SMILES string of the molecule is CNCc1cn(S(=O)(=O)c2cccnc2)c(-c2cccnc2F)c1Cl.O=C(O)C=CC(=O)O. The lowest BCUT2D eigenvalue weighted by Gasteiger charge is -2.11. The van der Waals surface area contributed by atoms with Gasteiger partial charge in [0.1, 0.15) is 4.90 Å². The van der Waals surface area contributed by atoms with Crippen LogP contribution in [0.3, 0.4) is 0 Å². The summed E-state index contributed by atoms with van der Waals surface area (Å²) in [6, 6.07) is 5.87. The van der Waals surface area contributed by atoms with Gasteiger partial charge in [0.05, 0.1) is 16.3 Å². The summed E-state index contributed by atoms with van der Waals surface area (Å²) in [5, 5.41) is 18.7. The van der Waals surface area contributed by atoms with Gasteiger partial charge in [0.2, 0.25) is 5.95 Å². The molecule has 0 fully saturated rings. The number of aliphatic carboxylic acids is 2. The van der Waals surface area contributed by atoms with Crippen molar-refractivity contribution in [3.63, 3.8) is 0 Å². The summed E-state index contributed by atoms with van der Waals surface area (Å²) < 4.78 is 41.2. The van der Waals surface area contributed by atoms with Crippen molar-refractivity contribution in [2.24, 2.45) is 0 Å². The zero-order valence-corrected chi connectivity index (χ0v) is 18.6. The van der Waals surface area contributed by atoms with Crippen molar-refractivity contribution < 1.29 is 32.6 Å². The van der Waals surface area contributed by atoms with Gasteiger partial charge in [0.25, 0.3) is 10.0 Å². The summed E-state index contributed by atoms with van der Waals surface area (Å²) in [5.41, 5.74) is 0.554. The molecule has 33 heavy (non-hydrogen) atoms. The van der Waals surface area contributed by atoms with Crippen LogP contribution in [0.5, 0.6) is 0 Å². The Hall–Kier alpha value is -3.61. The Morgan fingerprint density at radius 3 is 2.33 bits per heavy atom. The second-order valence-corrected chi connectivity index (χ2v) is 8.38. The molecule has 174 valence electrons. The molecule has 0 saturated heterocycles. The molecule has 0 bridgehead atoms. The average molecular weight is 497 g/mol. The molecule has 0 aliphatic rings. The molecule has 3 aromatic rings. The van der Waals surface area contributed by atoms with Crippen molar-refractivity contribution >= 4 is 33.6 Å². The molecule has 0 amide bonds. The van der Waals surface area contributed by atoms with Crippen molar-refractivity contribution in [1.29, 1.82) is 0 Å². The number of carboxylic acids is 2. The van der Waals surface area contributed by atoms with Crippen molar-refractivity contribution in [3.05, 3.63) is 77.7 Å². The molecular weight excluding hydrogens is 479 g/mol. The van der Waals surface area contributed by atoms with Crippen LogP contribution in [0.15, 0.2) is 66.1 Å². The molecule has 0 unspecified atom stereocenters. The summed E-state index contributed by atoms with van der Waals surface area (Å²) >= 11 is 6.37. The maximum absolute atomic E-state index is 14.2. The fraction of sp³-hybridized carbons (Fsp3) is 0.100. The number of aromatic nitrogens is 3. The van der Waals surface area contributed by atoms with Crippen LogP contribution < -0.4 is 5.32 Å². The fourth-order valence-electron chi connectivity index (χ4n) is 2.57. The molecule has 0 aliphatic heterocycles. The van der Waals surface area contributed by atoms with Gasteiger partial charge in [-0.25, -0.2) is 27.0 Å². The minimum Gasteiger partial charge on any atom is -0.478 e. The summed E-state index contributed by atoms with van der Waals surface area (Å²) in [4.78, 5) is 26.5. The average Bonchev–Trinajstić information content (AvgIpc) is 3.11. The maximum atomic E-state index is 14.2. The van der Waals surface area contributed by atoms with Crippen LogP contribution in [0, 0.1) is 5.95 Å². The Kier molecular flexibility index (Phi) is 8.79. The number of nitrogens with zero attached hydrogens (tertiary/aromatic N) is 3. The molecule has 0 spiro atoms. The lowest BCUT2D eigenvalue weighted by atomic mass is 10.2. The zero-order valence-electron chi connectivity index (χ0n) is 17.0. The minimum absolute atomic E-state index is 0.00215. The Balaban J connectivity index is 0.000000414. The number of carbonyl (C=O) groups is 2. The van der Waals surface area contributed by atoms with E-state index in [0.717, 1.165) is 3.97 Å². The Morgan fingerprint density at radius 2 is 1.82 bits per heavy atom. The third kappa shape index (κ3) is 6.44. The Morgan fingerprint density at radius 1 is 1.18 bits per heavy atom. The molecule has 0 aromatic carbocycles. The second kappa shape index (κ2) is 11.3. The van der Waals surface area contributed by atoms with E-state index in [0.29, 0.717) is 24.3 Å². The number of pyridine rings is 2. The maximum Gasteiger partial charge on any atom is 0.328 e. The first-order valence-electron chi connectivity index (χ1n) is 9.04. The van der Waals surface area contributed by atoms with Crippen molar-refractivity contribution in [2.75, 3.05) is 7.05 Å². The van der Waals surface area contributed by atoms with E-state index in [-0.39, 0.29) is 21.2 Å². The third-order valence-electron chi connectivity index (χ3n) is 3.92. The lowest BCUT2D eigenvalue weighted by molar-refractivity contribution is -0.134. The van der Waals surface area contributed by atoms with E-state index in [1.165, 1.54) is 49.1 Å². The quantitative estimate of drug-likeness (QED) is 0.330. The highest BCUT2D eigenvalue weighted by molar-refractivity contribution is 7.90. The third-order valence-corrected chi connectivity index (χ3v) is 5.99. The van der Waals surface area contributed by atoms with Gasteiger partial charge in [-0.15, -0.1) is 0 Å². The molecule has 0 aliphatic carbocycles. The first-order valence-corrected chi connectivity index (χ1v) is 10.9. The number of halogens is 2. The lowest BCUT2D eigenvalue weighted by Crippen LogP contribution is -2.14. The van der Waals surface area contributed by atoms with E-state index in [1.807, 2.05) is 0 Å². The van der Waals surface area contributed by atoms with Gasteiger partial charge < -0.3 is 15.5 Å². The van der Waals surface area contributed by atoms with Crippen molar-refractivity contribution in [3.8, 4) is 11.3 Å². The molecule has 3 heterocycles. The number of nitrogens with one attached hydrogen (secondary N) is 1. The van der Waals surface area contributed by atoms with E-state index in [2.05, 4.69) is 15.3 Å². The number of hydrogen-bond donors (Lipinski definition) is 3. The van der Waals surface area contributed by atoms with E-state index in [4.69, 9.17) is 21.8 Å². The first-order chi connectivity index (χ1) is 15.6. The summed E-state index contributed by atoms with van der Waals surface area (Å²) in [6.45, 7) is 0.323. The monoisotopic (exact) mass is 496 g/mol. The highest BCUT2D eigenvalue weighted by atomic mass is 35.5. The van der Waals surface area contributed by atoms with Crippen LogP contribution in [-0.4, -0.2) is 51.6 Å². The largest absolute Gasteiger partial charge is 0.478 e. The molecular formula is C20H18ClFN4O6S. The van der Waals surface area contributed by atoms with E-state index < -0.39 is 27.9 Å². The fourth-order valence-corrected chi connectivity index (χ4v) is 4.30. The zero-order chi connectivity index (χ0) is 24.6. The molecule has 3 rings (SSSR count). The van der Waals surface area contributed by atoms with E-state index >= 15 is 0 Å². The van der Waals surface area contributed by atoms with Crippen LogP contribution in [0.2, 0.25) is 5.02 Å². The van der Waals surface area contributed by atoms with Crippen LogP contribution in [-0.2, 0) is 26.2 Å². The molecule has 3 aromatic heterocycles. The normalized spacial score (nSPS) is 11.1. The van der Waals surface area contributed by atoms with Crippen molar-refractivity contribution in [1.82, 2.24) is 19.3 Å². The van der Waals surface area contributed by atoms with Crippen LogP contribution in [0.1, 0.15) is 5.56 Å². The van der Waals surface area contributed by atoms with Crippen molar-refractivity contribution in [2.45, 2.75) is 11.4 Å². The minimum atomic E-state index is -4.01. The summed E-state index contributed by atoms with van der Waals surface area (Å²) in [6.07, 6.45) is 6.47. The Bertz CT molecular complexity index is 1260.